The van der Waals surface area contributed by atoms with Crippen molar-refractivity contribution in [1.82, 2.24) is 25.1 Å². The van der Waals surface area contributed by atoms with Crippen molar-refractivity contribution in [2.75, 3.05) is 25.1 Å². The summed E-state index contributed by atoms with van der Waals surface area (Å²) in [6.07, 6.45) is 6.65. The molecule has 0 bridgehead atoms. The van der Waals surface area contributed by atoms with Crippen LogP contribution < -0.4 is 20.1 Å². The van der Waals surface area contributed by atoms with Crippen LogP contribution >= 0.6 is 11.6 Å². The number of rotatable bonds is 9. The third-order valence-corrected chi connectivity index (χ3v) is 6.73. The van der Waals surface area contributed by atoms with Crippen molar-refractivity contribution in [2.24, 2.45) is 0 Å². The second-order valence-corrected chi connectivity index (χ2v) is 11.2. The van der Waals surface area contributed by atoms with E-state index in [0.29, 0.717) is 45.7 Å². The summed E-state index contributed by atoms with van der Waals surface area (Å²) < 4.78 is 19.2. The van der Waals surface area contributed by atoms with Gasteiger partial charge in [0.2, 0.25) is 0 Å². The highest BCUT2D eigenvalue weighted by Gasteiger charge is 2.20. The van der Waals surface area contributed by atoms with E-state index in [4.69, 9.17) is 35.8 Å². The molecule has 10 nitrogen and oxygen atoms in total. The zero-order chi connectivity index (χ0) is 29.0. The van der Waals surface area contributed by atoms with Crippen molar-refractivity contribution >= 4 is 39.9 Å². The molecule has 1 saturated heterocycles. The lowest BCUT2D eigenvalue weighted by Gasteiger charge is -2.22. The molecule has 3 heterocycles. The number of fused-ring (bicyclic) bond motifs is 1. The Kier molecular flexibility index (Phi) is 8.60. The van der Waals surface area contributed by atoms with Crippen molar-refractivity contribution < 1.29 is 19.0 Å². The maximum atomic E-state index is 12.3. The number of carbonyl (C=O) groups excluding carboxylic acids is 1. The number of aromatic nitrogens is 4. The molecule has 1 aliphatic rings. The molecule has 1 aliphatic heterocycles. The van der Waals surface area contributed by atoms with E-state index in [0.717, 1.165) is 37.1 Å². The number of nitrogens with one attached hydrogen (secondary N) is 2. The molecule has 5 rings (SSSR count). The van der Waals surface area contributed by atoms with Crippen molar-refractivity contribution in [3.63, 3.8) is 0 Å². The molecule has 1 amide bonds. The molecule has 1 fully saturated rings. The van der Waals surface area contributed by atoms with Crippen LogP contribution in [-0.4, -0.2) is 51.0 Å². The molecule has 0 saturated carbocycles. The zero-order valence-corrected chi connectivity index (χ0v) is 24.5. The van der Waals surface area contributed by atoms with Crippen LogP contribution in [0.3, 0.4) is 0 Å². The van der Waals surface area contributed by atoms with Crippen LogP contribution in [0.15, 0.2) is 48.8 Å². The Bertz CT molecular complexity index is 1530. The van der Waals surface area contributed by atoms with Gasteiger partial charge in [-0.3, -0.25) is 4.79 Å². The van der Waals surface area contributed by atoms with Gasteiger partial charge in [-0.2, -0.15) is 5.10 Å². The average Bonchev–Trinajstić information content (AvgIpc) is 3.41. The highest BCUT2D eigenvalue weighted by atomic mass is 35.5. The van der Waals surface area contributed by atoms with Crippen LogP contribution in [0.4, 0.5) is 11.5 Å². The molecule has 0 spiro atoms. The lowest BCUT2D eigenvalue weighted by molar-refractivity contribution is -0.124. The van der Waals surface area contributed by atoms with Gasteiger partial charge >= 0.3 is 0 Å². The van der Waals surface area contributed by atoms with Gasteiger partial charge in [-0.05, 0) is 71.2 Å². The van der Waals surface area contributed by atoms with E-state index in [1.165, 1.54) is 0 Å². The molecular weight excluding hydrogens is 544 g/mol. The fourth-order valence-electron chi connectivity index (χ4n) is 4.61. The summed E-state index contributed by atoms with van der Waals surface area (Å²) in [6.45, 7) is 8.78. The molecule has 0 radical (unpaired) electrons. The first-order valence-electron chi connectivity index (χ1n) is 13.8. The summed E-state index contributed by atoms with van der Waals surface area (Å²) in [4.78, 5) is 21.9. The fraction of sp³-hybridized carbons (Fsp3) is 0.400. The number of amides is 1. The minimum absolute atomic E-state index is 0.0848. The van der Waals surface area contributed by atoms with Crippen LogP contribution in [0.25, 0.3) is 22.3 Å². The van der Waals surface area contributed by atoms with Crippen LogP contribution in [0.1, 0.15) is 53.2 Å². The Labute approximate surface area is 244 Å². The van der Waals surface area contributed by atoms with Crippen molar-refractivity contribution in [2.45, 2.75) is 58.7 Å². The van der Waals surface area contributed by atoms with Gasteiger partial charge in [0.15, 0.2) is 12.4 Å². The van der Waals surface area contributed by atoms with Crippen LogP contribution in [0.5, 0.6) is 11.5 Å². The van der Waals surface area contributed by atoms with Crippen LogP contribution in [0, 0.1) is 0 Å². The number of hydrogen-bond donors (Lipinski definition) is 2. The third-order valence-electron chi connectivity index (χ3n) is 6.36. The van der Waals surface area contributed by atoms with Gasteiger partial charge < -0.3 is 24.8 Å². The monoisotopic (exact) mass is 578 g/mol. The Morgan fingerprint density at radius 2 is 2.02 bits per heavy atom. The van der Waals surface area contributed by atoms with E-state index in [9.17, 15) is 4.79 Å². The summed E-state index contributed by atoms with van der Waals surface area (Å²) in [5, 5.41) is 11.8. The largest absolute Gasteiger partial charge is 0.492 e. The summed E-state index contributed by atoms with van der Waals surface area (Å²) in [5.74, 6) is 1.86. The van der Waals surface area contributed by atoms with Gasteiger partial charge in [0.1, 0.15) is 23.5 Å². The lowest BCUT2D eigenvalue weighted by atomic mass is 10.1. The van der Waals surface area contributed by atoms with Gasteiger partial charge in [-0.1, -0.05) is 23.7 Å². The number of benzene rings is 2. The molecule has 1 unspecified atom stereocenters. The van der Waals surface area contributed by atoms with Gasteiger partial charge in [0, 0.05) is 17.7 Å². The molecule has 1 atom stereocenters. The number of hydrogen-bond acceptors (Lipinski definition) is 8. The highest BCUT2D eigenvalue weighted by Crippen LogP contribution is 2.38. The van der Waals surface area contributed by atoms with Crippen LogP contribution in [0.2, 0.25) is 5.02 Å². The number of ether oxygens (including phenoxy) is 3. The first kappa shape index (κ1) is 28.6. The lowest BCUT2D eigenvalue weighted by Crippen LogP contribution is -2.43. The Balaban J connectivity index is 1.47. The second kappa shape index (κ2) is 12.3. The fourth-order valence-corrected chi connectivity index (χ4v) is 4.91. The molecular formula is C30H35ClN6O4. The minimum atomic E-state index is -0.339. The third kappa shape index (κ3) is 7.07. The Morgan fingerprint density at radius 1 is 1.17 bits per heavy atom. The first-order chi connectivity index (χ1) is 19.7. The van der Waals surface area contributed by atoms with Crippen molar-refractivity contribution in [3.8, 4) is 22.9 Å². The summed E-state index contributed by atoms with van der Waals surface area (Å²) >= 11 is 6.82. The average molecular weight is 579 g/mol. The molecule has 4 aromatic rings. The number of halogens is 1. The van der Waals surface area contributed by atoms with E-state index in [1.807, 2.05) is 62.8 Å². The standard InChI is InChI=1S/C30H35ClN6O4/c1-5-39-23-13-12-22-26(27(23)31)29(33-20-16-32-37(17-20)25-11-6-7-14-40-25)35-28(34-22)19-9-8-10-21(15-19)41-18-24(38)36-30(2,3)4/h8-10,12-13,15-17,25H,5-7,11,14,18H2,1-4H3,(H,36,38)(H,33,34,35). The smallest absolute Gasteiger partial charge is 0.258 e. The van der Waals surface area contributed by atoms with E-state index < -0.39 is 0 Å². The number of nitrogens with zero attached hydrogens (tertiary/aromatic N) is 4. The maximum absolute atomic E-state index is 12.3. The van der Waals surface area contributed by atoms with E-state index >= 15 is 0 Å². The quantitative estimate of drug-likeness (QED) is 0.238. The van der Waals surface area contributed by atoms with Crippen molar-refractivity contribution in [1.29, 1.82) is 0 Å². The highest BCUT2D eigenvalue weighted by molar-refractivity contribution is 6.38. The normalized spacial score (nSPS) is 15.5. The SMILES string of the molecule is CCOc1ccc2nc(-c3cccc(OCC(=O)NC(C)(C)C)c3)nc(Nc3cnn(C4CCCCO4)c3)c2c1Cl. The van der Waals surface area contributed by atoms with Gasteiger partial charge in [0.25, 0.3) is 5.91 Å². The summed E-state index contributed by atoms with van der Waals surface area (Å²) in [7, 11) is 0. The maximum Gasteiger partial charge on any atom is 0.258 e. The second-order valence-electron chi connectivity index (χ2n) is 10.9. The van der Waals surface area contributed by atoms with Gasteiger partial charge in [-0.25, -0.2) is 14.6 Å². The predicted molar refractivity (Wildman–Crippen MR) is 159 cm³/mol. The van der Waals surface area contributed by atoms with E-state index in [1.54, 1.807) is 18.3 Å². The van der Waals surface area contributed by atoms with E-state index in [-0.39, 0.29) is 24.3 Å². The first-order valence-corrected chi connectivity index (χ1v) is 14.2. The van der Waals surface area contributed by atoms with Gasteiger partial charge in [0.05, 0.1) is 40.6 Å². The Morgan fingerprint density at radius 3 is 2.78 bits per heavy atom. The number of anilines is 2. The van der Waals surface area contributed by atoms with Gasteiger partial charge in [-0.15, -0.1) is 0 Å². The minimum Gasteiger partial charge on any atom is -0.492 e. The van der Waals surface area contributed by atoms with Crippen LogP contribution in [-0.2, 0) is 9.53 Å². The van der Waals surface area contributed by atoms with Crippen molar-refractivity contribution in [3.05, 3.63) is 53.8 Å². The topological polar surface area (TPSA) is 112 Å². The molecule has 216 valence electrons. The molecule has 2 aromatic carbocycles. The predicted octanol–water partition coefficient (Wildman–Crippen LogP) is 6.28. The molecule has 0 aliphatic carbocycles. The molecule has 11 heteroatoms. The Hall–Kier alpha value is -3.89. The van der Waals surface area contributed by atoms with E-state index in [2.05, 4.69) is 15.7 Å². The molecule has 2 aromatic heterocycles. The molecule has 2 N–H and O–H groups in total. The molecule has 41 heavy (non-hydrogen) atoms. The summed E-state index contributed by atoms with van der Waals surface area (Å²) in [5.41, 5.74) is 1.77. The summed E-state index contributed by atoms with van der Waals surface area (Å²) in [6, 6.07) is 11.0. The number of carbonyl (C=O) groups is 1. The zero-order valence-electron chi connectivity index (χ0n) is 23.7.